The van der Waals surface area contributed by atoms with E-state index in [-0.39, 0.29) is 38.8 Å². The molecule has 1 heterocycles. The lowest BCUT2D eigenvalue weighted by atomic mass is 10.1. The molecule has 0 bridgehead atoms. The van der Waals surface area contributed by atoms with Crippen molar-refractivity contribution in [2.75, 3.05) is 0 Å². The van der Waals surface area contributed by atoms with Crippen LogP contribution in [0, 0.1) is 46.1 Å². The summed E-state index contributed by atoms with van der Waals surface area (Å²) in [5, 5.41) is 15.1. The summed E-state index contributed by atoms with van der Waals surface area (Å²) in [4.78, 5) is 21.7. The van der Waals surface area contributed by atoms with E-state index in [0.717, 1.165) is 18.2 Å². The molecule has 0 radical (unpaired) electrons. The van der Waals surface area contributed by atoms with E-state index in [9.17, 15) is 36.9 Å². The first-order valence-corrected chi connectivity index (χ1v) is 10.8. The topological polar surface area (TPSA) is 87.3 Å². The molecular formula is C21H15ClF5N3O4S. The summed E-state index contributed by atoms with van der Waals surface area (Å²) in [6, 6.07) is 3.12. The Kier molecular flexibility index (Phi) is 7.14. The second-order valence-corrected chi connectivity index (χ2v) is 9.54. The maximum atomic E-state index is 14.3. The van der Waals surface area contributed by atoms with Gasteiger partial charge in [0, 0.05) is 6.07 Å². The van der Waals surface area contributed by atoms with Crippen LogP contribution in [0.15, 0.2) is 28.0 Å². The van der Waals surface area contributed by atoms with E-state index in [0.29, 0.717) is 0 Å². The molecule has 0 saturated carbocycles. The van der Waals surface area contributed by atoms with E-state index >= 15 is 0 Å². The van der Waals surface area contributed by atoms with Gasteiger partial charge in [0.25, 0.3) is 5.69 Å². The number of hydrogen-bond donors (Lipinski definition) is 0. The lowest BCUT2D eigenvalue weighted by Gasteiger charge is -2.22. The number of hydrogen-bond acceptors (Lipinski definition) is 6. The molecule has 7 nitrogen and oxygen atoms in total. The van der Waals surface area contributed by atoms with E-state index in [1.807, 2.05) is 0 Å². The Morgan fingerprint density at radius 1 is 1.06 bits per heavy atom. The molecule has 0 atom stereocenters. The lowest BCUT2D eigenvalue weighted by Crippen LogP contribution is -2.25. The van der Waals surface area contributed by atoms with E-state index in [1.54, 1.807) is 20.8 Å². The van der Waals surface area contributed by atoms with Crippen molar-refractivity contribution in [3.05, 3.63) is 73.7 Å². The summed E-state index contributed by atoms with van der Waals surface area (Å²) in [6.07, 6.45) is 0. The molecule has 0 N–H and O–H groups in total. The van der Waals surface area contributed by atoms with Gasteiger partial charge < -0.3 is 4.74 Å². The van der Waals surface area contributed by atoms with Crippen LogP contribution >= 0.6 is 23.4 Å². The minimum Gasteiger partial charge on any atom is -0.403 e. The molecule has 0 spiro atoms. The highest BCUT2D eigenvalue weighted by atomic mass is 35.5. The molecule has 35 heavy (non-hydrogen) atoms. The Morgan fingerprint density at radius 3 is 2.11 bits per heavy atom. The van der Waals surface area contributed by atoms with Crippen molar-refractivity contribution in [3.63, 3.8) is 0 Å². The zero-order valence-electron chi connectivity index (χ0n) is 18.4. The molecule has 186 valence electrons. The van der Waals surface area contributed by atoms with Crippen molar-refractivity contribution < 1.29 is 36.4 Å². The quantitative estimate of drug-likeness (QED) is 0.0916. The molecular weight excluding hydrogens is 521 g/mol. The van der Waals surface area contributed by atoms with Gasteiger partial charge in [-0.1, -0.05) is 23.4 Å². The lowest BCUT2D eigenvalue weighted by molar-refractivity contribution is -0.384. The molecule has 0 amide bonds. The van der Waals surface area contributed by atoms with Gasteiger partial charge in [-0.25, -0.2) is 31.4 Å². The largest absolute Gasteiger partial charge is 0.403 e. The summed E-state index contributed by atoms with van der Waals surface area (Å²) < 4.78 is 76.1. The number of nitro groups is 1. The Labute approximate surface area is 204 Å². The van der Waals surface area contributed by atoms with Gasteiger partial charge in [0.15, 0.2) is 23.3 Å². The third-order valence-corrected chi connectivity index (χ3v) is 6.10. The second-order valence-electron chi connectivity index (χ2n) is 8.12. The van der Waals surface area contributed by atoms with Gasteiger partial charge in [-0.3, -0.25) is 10.1 Å². The maximum absolute atomic E-state index is 14.3. The van der Waals surface area contributed by atoms with Crippen LogP contribution in [0.2, 0.25) is 5.02 Å². The van der Waals surface area contributed by atoms with Gasteiger partial charge in [0.05, 0.1) is 31.5 Å². The van der Waals surface area contributed by atoms with Crippen LogP contribution in [0.25, 0.3) is 0 Å². The third-order valence-electron chi connectivity index (χ3n) is 4.54. The molecule has 3 rings (SSSR count). The standard InChI is InChI=1S/C21H15ClF5N3O4S/c1-8-17(35-18-15(26)13(24)12(23)14(25)16(18)27)19(29(28-8)21(2,3)4)34-20(31)9-5-6-10(22)11(7-9)30(32)33/h5-7H,1-4H3. The summed E-state index contributed by atoms with van der Waals surface area (Å²) in [7, 11) is 0. The number of nitro benzene ring substituents is 1. The predicted molar refractivity (Wildman–Crippen MR) is 115 cm³/mol. The molecule has 3 aromatic rings. The molecule has 0 fully saturated rings. The number of esters is 1. The van der Waals surface area contributed by atoms with Gasteiger partial charge in [-0.15, -0.1) is 0 Å². The Balaban J connectivity index is 2.14. The number of nitrogens with zero attached hydrogens (tertiary/aromatic N) is 3. The number of rotatable bonds is 5. The summed E-state index contributed by atoms with van der Waals surface area (Å²) >= 11 is 5.89. The fraction of sp³-hybridized carbons (Fsp3) is 0.238. The van der Waals surface area contributed by atoms with E-state index in [2.05, 4.69) is 5.10 Å². The van der Waals surface area contributed by atoms with E-state index < -0.39 is 56.1 Å². The highest BCUT2D eigenvalue weighted by Gasteiger charge is 2.32. The first-order valence-electron chi connectivity index (χ1n) is 9.60. The Hall–Kier alpha value is -3.19. The van der Waals surface area contributed by atoms with Gasteiger partial charge in [-0.05, 0) is 39.8 Å². The highest BCUT2D eigenvalue weighted by Crippen LogP contribution is 2.43. The number of carbonyl (C=O) groups is 1. The van der Waals surface area contributed by atoms with Crippen LogP contribution in [-0.4, -0.2) is 20.7 Å². The maximum Gasteiger partial charge on any atom is 0.345 e. The van der Waals surface area contributed by atoms with Crippen molar-refractivity contribution in [2.45, 2.75) is 43.0 Å². The number of halogens is 6. The Bertz CT molecular complexity index is 1350. The van der Waals surface area contributed by atoms with Crippen LogP contribution < -0.4 is 4.74 Å². The number of aryl methyl sites for hydroxylation is 1. The van der Waals surface area contributed by atoms with E-state index in [1.165, 1.54) is 11.6 Å². The van der Waals surface area contributed by atoms with Crippen molar-refractivity contribution in [1.29, 1.82) is 0 Å². The minimum absolute atomic E-state index is 0.0544. The van der Waals surface area contributed by atoms with E-state index in [4.69, 9.17) is 16.3 Å². The third kappa shape index (κ3) is 4.96. The van der Waals surface area contributed by atoms with Gasteiger partial charge in [0.1, 0.15) is 5.02 Å². The second kappa shape index (κ2) is 9.46. The van der Waals surface area contributed by atoms with Gasteiger partial charge >= 0.3 is 5.97 Å². The molecule has 0 saturated heterocycles. The van der Waals surface area contributed by atoms with Crippen LogP contribution in [0.4, 0.5) is 27.6 Å². The van der Waals surface area contributed by atoms with Crippen molar-refractivity contribution in [2.24, 2.45) is 0 Å². The SMILES string of the molecule is Cc1nn(C(C)(C)C)c(OC(=O)c2ccc(Cl)c([N+](=O)[O-])c2)c1Sc1c(F)c(F)c(F)c(F)c1F. The minimum atomic E-state index is -2.32. The van der Waals surface area contributed by atoms with Crippen LogP contribution in [0.1, 0.15) is 36.8 Å². The molecule has 14 heteroatoms. The van der Waals surface area contributed by atoms with Crippen LogP contribution in [0.5, 0.6) is 5.88 Å². The average Bonchev–Trinajstić information content (AvgIpc) is 3.09. The Morgan fingerprint density at radius 2 is 1.60 bits per heavy atom. The predicted octanol–water partition coefficient (Wildman–Crippen LogP) is 6.57. The average molecular weight is 536 g/mol. The van der Waals surface area contributed by atoms with Crippen LogP contribution in [0.3, 0.4) is 0 Å². The smallest absolute Gasteiger partial charge is 0.345 e. The van der Waals surface area contributed by atoms with Crippen molar-refractivity contribution >= 4 is 35.0 Å². The zero-order chi connectivity index (χ0) is 26.4. The molecule has 1 aromatic heterocycles. The van der Waals surface area contributed by atoms with Gasteiger partial charge in [0.2, 0.25) is 11.7 Å². The number of benzene rings is 2. The van der Waals surface area contributed by atoms with Crippen molar-refractivity contribution in [3.8, 4) is 5.88 Å². The summed E-state index contributed by atoms with van der Waals surface area (Å²) in [5.41, 5.74) is -1.68. The normalized spacial score (nSPS) is 11.6. The zero-order valence-corrected chi connectivity index (χ0v) is 20.0. The molecule has 0 unspecified atom stereocenters. The van der Waals surface area contributed by atoms with Crippen molar-refractivity contribution in [1.82, 2.24) is 9.78 Å². The number of ether oxygens (including phenoxy) is 1. The number of carbonyl (C=O) groups excluding carboxylic acids is 1. The first-order chi connectivity index (χ1) is 16.1. The monoisotopic (exact) mass is 535 g/mol. The fourth-order valence-corrected chi connectivity index (χ4v) is 4.01. The summed E-state index contributed by atoms with van der Waals surface area (Å²) in [5.74, 6) is -12.2. The molecule has 0 aliphatic carbocycles. The summed E-state index contributed by atoms with van der Waals surface area (Å²) in [6.45, 7) is 6.32. The van der Waals surface area contributed by atoms with Gasteiger partial charge in [-0.2, -0.15) is 5.10 Å². The van der Waals surface area contributed by atoms with Crippen LogP contribution in [-0.2, 0) is 5.54 Å². The highest BCUT2D eigenvalue weighted by molar-refractivity contribution is 7.99. The molecule has 2 aromatic carbocycles. The molecule has 0 aliphatic heterocycles. The molecule has 0 aliphatic rings. The number of aromatic nitrogens is 2. The fourth-order valence-electron chi connectivity index (χ4n) is 2.86. The first kappa shape index (κ1) is 26.4.